The van der Waals surface area contributed by atoms with E-state index in [1.54, 1.807) is 13.1 Å². The molecule has 1 aromatic heterocycles. The van der Waals surface area contributed by atoms with Crippen molar-refractivity contribution in [2.45, 2.75) is 13.5 Å². The Morgan fingerprint density at radius 1 is 1.07 bits per heavy atom. The molecular weight excluding hydrogens is 370 g/mol. The number of thiocarbonyl (C=S) groups is 1. The first kappa shape index (κ1) is 18.1. The summed E-state index contributed by atoms with van der Waals surface area (Å²) in [5.74, 6) is -0.868. The summed E-state index contributed by atoms with van der Waals surface area (Å²) in [5, 5.41) is 3.66. The molecule has 1 aliphatic rings. The van der Waals surface area contributed by atoms with Crippen LogP contribution in [0.3, 0.4) is 0 Å². The molecule has 1 saturated heterocycles. The van der Waals surface area contributed by atoms with Gasteiger partial charge >= 0.3 is 0 Å². The number of para-hydroxylation sites is 1. The monoisotopic (exact) mass is 389 g/mol. The molecule has 1 fully saturated rings. The normalized spacial score (nSPS) is 16.1. The van der Waals surface area contributed by atoms with Crippen molar-refractivity contribution < 1.29 is 9.59 Å². The molecule has 1 N–H and O–H groups in total. The van der Waals surface area contributed by atoms with Gasteiger partial charge in [0.25, 0.3) is 11.8 Å². The fraction of sp³-hybridized carbons (Fsp3) is 0.136. The highest BCUT2D eigenvalue weighted by molar-refractivity contribution is 7.80. The predicted octanol–water partition coefficient (Wildman–Crippen LogP) is 3.25. The van der Waals surface area contributed by atoms with Crippen molar-refractivity contribution in [3.63, 3.8) is 0 Å². The molecule has 2 amide bonds. The van der Waals surface area contributed by atoms with Crippen LogP contribution in [0.5, 0.6) is 0 Å². The molecular formula is C22H19N3O2S. The standard InChI is InChI=1S/C22H19N3O2S/c1-14-7-9-15(10-8-14)12-25-13-16(17-5-3-4-6-19(17)25)11-18-20(26)23-22(28)24(2)21(18)27/h3-11,13H,12H2,1-2H3,(H,23,26,28)/b18-11+. The first-order chi connectivity index (χ1) is 13.4. The summed E-state index contributed by atoms with van der Waals surface area (Å²) < 4.78 is 2.13. The van der Waals surface area contributed by atoms with Crippen LogP contribution in [0.4, 0.5) is 0 Å². The average molecular weight is 389 g/mol. The van der Waals surface area contributed by atoms with E-state index in [-0.39, 0.29) is 10.7 Å². The largest absolute Gasteiger partial charge is 0.342 e. The number of nitrogens with zero attached hydrogens (tertiary/aromatic N) is 2. The molecule has 0 saturated carbocycles. The fourth-order valence-corrected chi connectivity index (χ4v) is 3.49. The number of amides is 2. The second kappa shape index (κ2) is 7.05. The van der Waals surface area contributed by atoms with Crippen molar-refractivity contribution in [1.29, 1.82) is 0 Å². The van der Waals surface area contributed by atoms with Crippen molar-refractivity contribution >= 4 is 46.1 Å². The van der Waals surface area contributed by atoms with Gasteiger partial charge in [-0.3, -0.25) is 19.8 Å². The molecule has 6 heteroatoms. The van der Waals surface area contributed by atoms with Crippen molar-refractivity contribution in [3.05, 3.63) is 77.0 Å². The van der Waals surface area contributed by atoms with Gasteiger partial charge in [0, 0.05) is 36.3 Å². The lowest BCUT2D eigenvalue weighted by Gasteiger charge is -2.24. The Labute approximate surface area is 168 Å². The molecule has 0 atom stereocenters. The lowest BCUT2D eigenvalue weighted by molar-refractivity contribution is -0.128. The van der Waals surface area contributed by atoms with Gasteiger partial charge in [0.05, 0.1) is 0 Å². The Hall–Kier alpha value is -3.25. The van der Waals surface area contributed by atoms with E-state index in [2.05, 4.69) is 41.1 Å². The molecule has 2 heterocycles. The topological polar surface area (TPSA) is 54.3 Å². The lowest BCUT2D eigenvalue weighted by Crippen LogP contribution is -2.52. The van der Waals surface area contributed by atoms with E-state index in [0.717, 1.165) is 16.5 Å². The summed E-state index contributed by atoms with van der Waals surface area (Å²) in [6.45, 7) is 2.77. The van der Waals surface area contributed by atoms with Crippen LogP contribution < -0.4 is 5.32 Å². The van der Waals surface area contributed by atoms with Gasteiger partial charge in [-0.05, 0) is 36.8 Å². The Balaban J connectivity index is 1.78. The molecule has 0 aliphatic carbocycles. The zero-order valence-electron chi connectivity index (χ0n) is 15.6. The van der Waals surface area contributed by atoms with E-state index in [1.165, 1.54) is 16.0 Å². The van der Waals surface area contributed by atoms with Gasteiger partial charge in [0.2, 0.25) is 0 Å². The second-order valence-electron chi connectivity index (χ2n) is 6.90. The third-order valence-corrected chi connectivity index (χ3v) is 5.27. The number of carbonyl (C=O) groups excluding carboxylic acids is 2. The molecule has 4 rings (SSSR count). The third-order valence-electron chi connectivity index (χ3n) is 4.90. The number of likely N-dealkylation sites (N-methyl/N-ethyl adjacent to an activating group) is 1. The maximum absolute atomic E-state index is 12.5. The Bertz CT molecular complexity index is 1140. The predicted molar refractivity (Wildman–Crippen MR) is 114 cm³/mol. The molecule has 3 aromatic rings. The molecule has 0 bridgehead atoms. The molecule has 0 unspecified atom stereocenters. The fourth-order valence-electron chi connectivity index (χ4n) is 3.31. The maximum atomic E-state index is 12.5. The van der Waals surface area contributed by atoms with Crippen LogP contribution in [0.2, 0.25) is 0 Å². The van der Waals surface area contributed by atoms with Crippen LogP contribution in [0, 0.1) is 6.92 Å². The van der Waals surface area contributed by atoms with Gasteiger partial charge in [-0.1, -0.05) is 48.0 Å². The highest BCUT2D eigenvalue weighted by atomic mass is 32.1. The summed E-state index contributed by atoms with van der Waals surface area (Å²) in [5.41, 5.74) is 4.34. The minimum atomic E-state index is -0.469. The Kier molecular flexibility index (Phi) is 4.57. The van der Waals surface area contributed by atoms with Gasteiger partial charge in [-0.15, -0.1) is 0 Å². The van der Waals surface area contributed by atoms with Gasteiger partial charge in [0.1, 0.15) is 5.57 Å². The van der Waals surface area contributed by atoms with E-state index in [4.69, 9.17) is 12.2 Å². The minimum Gasteiger partial charge on any atom is -0.342 e. The van der Waals surface area contributed by atoms with Gasteiger partial charge in [0.15, 0.2) is 5.11 Å². The third kappa shape index (κ3) is 3.23. The van der Waals surface area contributed by atoms with E-state index in [9.17, 15) is 9.59 Å². The number of rotatable bonds is 3. The summed E-state index contributed by atoms with van der Waals surface area (Å²) in [7, 11) is 1.55. The van der Waals surface area contributed by atoms with Crippen LogP contribution in [-0.2, 0) is 16.1 Å². The molecule has 1 aliphatic heterocycles. The first-order valence-electron chi connectivity index (χ1n) is 8.92. The first-order valence-corrected chi connectivity index (χ1v) is 9.33. The summed E-state index contributed by atoms with van der Waals surface area (Å²) >= 11 is 5.01. The molecule has 0 radical (unpaired) electrons. The SMILES string of the molecule is Cc1ccc(Cn2cc(/C=C3\C(=O)NC(=S)N(C)C3=O)c3ccccc32)cc1. The van der Waals surface area contributed by atoms with Gasteiger partial charge in [-0.25, -0.2) is 0 Å². The number of aryl methyl sites for hydroxylation is 1. The molecule has 28 heavy (non-hydrogen) atoms. The van der Waals surface area contributed by atoms with E-state index in [0.29, 0.717) is 6.54 Å². The lowest BCUT2D eigenvalue weighted by atomic mass is 10.1. The van der Waals surface area contributed by atoms with E-state index in [1.807, 2.05) is 30.5 Å². The van der Waals surface area contributed by atoms with Crippen molar-refractivity contribution in [2.75, 3.05) is 7.05 Å². The number of nitrogens with one attached hydrogen (secondary N) is 1. The maximum Gasteiger partial charge on any atom is 0.265 e. The van der Waals surface area contributed by atoms with Crippen molar-refractivity contribution in [1.82, 2.24) is 14.8 Å². The van der Waals surface area contributed by atoms with Crippen LogP contribution >= 0.6 is 12.2 Å². The van der Waals surface area contributed by atoms with Crippen molar-refractivity contribution in [3.8, 4) is 0 Å². The summed E-state index contributed by atoms with van der Waals surface area (Å²) in [4.78, 5) is 26.1. The van der Waals surface area contributed by atoms with Crippen LogP contribution in [0.1, 0.15) is 16.7 Å². The average Bonchev–Trinajstić information content (AvgIpc) is 3.03. The van der Waals surface area contributed by atoms with Crippen molar-refractivity contribution in [2.24, 2.45) is 0 Å². The number of hydrogen-bond acceptors (Lipinski definition) is 3. The van der Waals surface area contributed by atoms with E-state index < -0.39 is 11.8 Å². The Morgan fingerprint density at radius 3 is 2.54 bits per heavy atom. The number of benzene rings is 2. The highest BCUT2D eigenvalue weighted by Crippen LogP contribution is 2.25. The zero-order chi connectivity index (χ0) is 19.8. The molecule has 2 aromatic carbocycles. The molecule has 140 valence electrons. The Morgan fingerprint density at radius 2 is 1.79 bits per heavy atom. The number of carbonyl (C=O) groups is 2. The number of fused-ring (bicyclic) bond motifs is 1. The highest BCUT2D eigenvalue weighted by Gasteiger charge is 2.31. The number of hydrogen-bond donors (Lipinski definition) is 1. The van der Waals surface area contributed by atoms with Gasteiger partial charge < -0.3 is 4.57 Å². The minimum absolute atomic E-state index is 0.0781. The van der Waals surface area contributed by atoms with Crippen LogP contribution in [-0.4, -0.2) is 33.4 Å². The van der Waals surface area contributed by atoms with E-state index >= 15 is 0 Å². The summed E-state index contributed by atoms with van der Waals surface area (Å²) in [6, 6.07) is 16.4. The quantitative estimate of drug-likeness (QED) is 0.425. The van der Waals surface area contributed by atoms with Crippen LogP contribution in [0.15, 0.2) is 60.3 Å². The molecule has 5 nitrogen and oxygen atoms in total. The smallest absolute Gasteiger partial charge is 0.265 e. The zero-order valence-corrected chi connectivity index (χ0v) is 16.4. The molecule has 0 spiro atoms. The van der Waals surface area contributed by atoms with Crippen LogP contribution in [0.25, 0.3) is 17.0 Å². The van der Waals surface area contributed by atoms with Gasteiger partial charge in [-0.2, -0.15) is 0 Å². The number of aromatic nitrogens is 1. The second-order valence-corrected chi connectivity index (χ2v) is 7.28. The summed E-state index contributed by atoms with van der Waals surface area (Å²) in [6.07, 6.45) is 3.62.